The number of aromatic nitrogens is 1. The van der Waals surface area contributed by atoms with Crippen molar-refractivity contribution in [3.63, 3.8) is 0 Å². The monoisotopic (exact) mass is 451 g/mol. The van der Waals surface area contributed by atoms with Crippen LogP contribution in [-0.4, -0.2) is 10.9 Å². The highest BCUT2D eigenvalue weighted by Crippen LogP contribution is 2.42. The quantitative estimate of drug-likeness (QED) is 0.323. The number of fused-ring (bicyclic) bond motifs is 1. The zero-order chi connectivity index (χ0) is 22.7. The molecule has 3 aromatic rings. The fourth-order valence-corrected chi connectivity index (χ4v) is 5.07. The highest BCUT2D eigenvalue weighted by atomic mass is 35.5. The molecule has 0 spiro atoms. The standard InChI is InChI=1S/C26H27ClFN3O/c1-2-3-21(26(32)31-25-10-8-18(27)14-23(25)29)17-6-4-16(5-7-17)20-12-13-30-24-11-9-19(28)15-22(20)24/h2,8-17,21H,1,3-7,29H2,(H,31,32)/t16-,17+,21?. The van der Waals surface area contributed by atoms with E-state index in [9.17, 15) is 9.18 Å². The summed E-state index contributed by atoms with van der Waals surface area (Å²) < 4.78 is 13.9. The number of nitrogens with one attached hydrogen (secondary N) is 1. The van der Waals surface area contributed by atoms with E-state index in [-0.39, 0.29) is 23.6 Å². The Hall–Kier alpha value is -2.92. The number of rotatable bonds is 6. The number of allylic oxidation sites excluding steroid dienone is 1. The molecule has 1 aliphatic carbocycles. The highest BCUT2D eigenvalue weighted by molar-refractivity contribution is 6.31. The van der Waals surface area contributed by atoms with Gasteiger partial charge in [0, 0.05) is 22.5 Å². The lowest BCUT2D eigenvalue weighted by Crippen LogP contribution is -2.31. The van der Waals surface area contributed by atoms with Gasteiger partial charge in [0.15, 0.2) is 0 Å². The predicted octanol–water partition coefficient (Wildman–Crippen LogP) is 6.71. The number of nitrogens with two attached hydrogens (primary N) is 1. The van der Waals surface area contributed by atoms with Crippen LogP contribution in [0.25, 0.3) is 10.9 Å². The van der Waals surface area contributed by atoms with E-state index >= 15 is 0 Å². The Morgan fingerprint density at radius 2 is 2.00 bits per heavy atom. The molecule has 1 aliphatic rings. The molecule has 0 aliphatic heterocycles. The van der Waals surface area contributed by atoms with Gasteiger partial charge >= 0.3 is 0 Å². The van der Waals surface area contributed by atoms with Gasteiger partial charge in [0.2, 0.25) is 5.91 Å². The fourth-order valence-electron chi connectivity index (χ4n) is 4.89. The molecule has 4 rings (SSSR count). The smallest absolute Gasteiger partial charge is 0.228 e. The van der Waals surface area contributed by atoms with Gasteiger partial charge in [-0.3, -0.25) is 9.78 Å². The van der Waals surface area contributed by atoms with E-state index in [1.807, 2.05) is 6.07 Å². The number of nitrogen functional groups attached to an aromatic ring is 1. The van der Waals surface area contributed by atoms with Gasteiger partial charge in [0.25, 0.3) is 0 Å². The van der Waals surface area contributed by atoms with Gasteiger partial charge in [-0.25, -0.2) is 4.39 Å². The minimum Gasteiger partial charge on any atom is -0.397 e. The number of carbonyl (C=O) groups excluding carboxylic acids is 1. The second kappa shape index (κ2) is 9.70. The summed E-state index contributed by atoms with van der Waals surface area (Å²) >= 11 is 5.97. The molecular formula is C26H27ClFN3O. The van der Waals surface area contributed by atoms with Crippen LogP contribution in [-0.2, 0) is 4.79 Å². The van der Waals surface area contributed by atoms with E-state index < -0.39 is 0 Å². The number of pyridine rings is 1. The molecule has 32 heavy (non-hydrogen) atoms. The summed E-state index contributed by atoms with van der Waals surface area (Å²) in [5.74, 6) is 0.124. The van der Waals surface area contributed by atoms with E-state index in [1.165, 1.54) is 6.07 Å². The fraction of sp³-hybridized carbons (Fsp3) is 0.308. The summed E-state index contributed by atoms with van der Waals surface area (Å²) in [5, 5.41) is 4.39. The third kappa shape index (κ3) is 4.78. The normalized spacial score (nSPS) is 19.4. The molecule has 1 atom stereocenters. The third-order valence-electron chi connectivity index (χ3n) is 6.55. The number of amides is 1. The minimum absolute atomic E-state index is 0.0428. The van der Waals surface area contributed by atoms with Gasteiger partial charge in [-0.15, -0.1) is 6.58 Å². The lowest BCUT2D eigenvalue weighted by Gasteiger charge is -2.33. The lowest BCUT2D eigenvalue weighted by atomic mass is 9.72. The highest BCUT2D eigenvalue weighted by Gasteiger charge is 2.32. The molecule has 0 bridgehead atoms. The van der Waals surface area contributed by atoms with Crippen molar-refractivity contribution in [1.82, 2.24) is 4.98 Å². The average Bonchev–Trinajstić information content (AvgIpc) is 2.79. The summed E-state index contributed by atoms with van der Waals surface area (Å²) in [4.78, 5) is 17.5. The molecule has 1 amide bonds. The molecule has 0 radical (unpaired) electrons. The van der Waals surface area contributed by atoms with Gasteiger partial charge in [0.1, 0.15) is 5.82 Å². The van der Waals surface area contributed by atoms with Gasteiger partial charge in [0.05, 0.1) is 16.9 Å². The Morgan fingerprint density at radius 1 is 1.22 bits per heavy atom. The molecule has 0 saturated heterocycles. The van der Waals surface area contributed by atoms with Crippen molar-refractivity contribution in [2.45, 2.75) is 38.0 Å². The van der Waals surface area contributed by atoms with Crippen LogP contribution in [0.2, 0.25) is 5.02 Å². The maximum atomic E-state index is 13.9. The second-order valence-electron chi connectivity index (χ2n) is 8.53. The van der Waals surface area contributed by atoms with Crippen LogP contribution in [0.15, 0.2) is 61.3 Å². The van der Waals surface area contributed by atoms with E-state index in [0.29, 0.717) is 28.7 Å². The zero-order valence-corrected chi connectivity index (χ0v) is 18.6. The zero-order valence-electron chi connectivity index (χ0n) is 17.9. The molecule has 2 aromatic carbocycles. The summed E-state index contributed by atoms with van der Waals surface area (Å²) in [6.07, 6.45) is 7.96. The van der Waals surface area contributed by atoms with Gasteiger partial charge in [-0.2, -0.15) is 0 Å². The van der Waals surface area contributed by atoms with Crippen LogP contribution >= 0.6 is 11.6 Å². The van der Waals surface area contributed by atoms with Crippen LogP contribution in [0.4, 0.5) is 15.8 Å². The van der Waals surface area contributed by atoms with Crippen LogP contribution in [0, 0.1) is 17.7 Å². The Bertz CT molecular complexity index is 1140. The van der Waals surface area contributed by atoms with E-state index in [2.05, 4.69) is 16.9 Å². The molecule has 6 heteroatoms. The lowest BCUT2D eigenvalue weighted by molar-refractivity contribution is -0.121. The van der Waals surface area contributed by atoms with E-state index in [0.717, 1.165) is 42.1 Å². The molecule has 1 unspecified atom stereocenters. The number of hydrogen-bond donors (Lipinski definition) is 2. The van der Waals surface area contributed by atoms with Gasteiger partial charge in [-0.05, 0) is 92.0 Å². The van der Waals surface area contributed by atoms with Crippen molar-refractivity contribution in [1.29, 1.82) is 0 Å². The summed E-state index contributed by atoms with van der Waals surface area (Å²) in [6.45, 7) is 3.85. The molecule has 3 N–H and O–H groups in total. The SMILES string of the molecule is C=CCC(C(=O)Nc1ccc(Cl)cc1N)[C@H]1CC[C@@H](c2ccnc3ccc(F)cc32)CC1. The molecule has 166 valence electrons. The van der Waals surface area contributed by atoms with Crippen LogP contribution in [0.1, 0.15) is 43.6 Å². The summed E-state index contributed by atoms with van der Waals surface area (Å²) in [7, 11) is 0. The minimum atomic E-state index is -0.246. The first kappa shape index (κ1) is 22.3. The van der Waals surface area contributed by atoms with Gasteiger partial charge < -0.3 is 11.1 Å². The van der Waals surface area contributed by atoms with Crippen molar-refractivity contribution < 1.29 is 9.18 Å². The Kier molecular flexibility index (Phi) is 6.75. The molecule has 1 fully saturated rings. The average molecular weight is 452 g/mol. The molecular weight excluding hydrogens is 425 g/mol. The summed E-state index contributed by atoms with van der Waals surface area (Å²) in [5.41, 5.74) is 8.99. The number of benzene rings is 2. The first-order chi connectivity index (χ1) is 15.5. The largest absolute Gasteiger partial charge is 0.397 e. The topological polar surface area (TPSA) is 68.0 Å². The first-order valence-corrected chi connectivity index (χ1v) is 11.3. The van der Waals surface area contributed by atoms with Gasteiger partial charge in [-0.1, -0.05) is 17.7 Å². The maximum Gasteiger partial charge on any atom is 0.228 e. The van der Waals surface area contributed by atoms with Crippen molar-refractivity contribution in [2.24, 2.45) is 11.8 Å². The van der Waals surface area contributed by atoms with Crippen molar-refractivity contribution >= 4 is 39.8 Å². The molecule has 4 nitrogen and oxygen atoms in total. The van der Waals surface area contributed by atoms with Crippen LogP contribution in [0.5, 0.6) is 0 Å². The summed E-state index contributed by atoms with van der Waals surface area (Å²) in [6, 6.07) is 11.8. The number of hydrogen-bond acceptors (Lipinski definition) is 3. The van der Waals surface area contributed by atoms with Crippen molar-refractivity contribution in [3.8, 4) is 0 Å². The molecule has 1 saturated carbocycles. The van der Waals surface area contributed by atoms with Crippen molar-refractivity contribution in [2.75, 3.05) is 11.1 Å². The van der Waals surface area contributed by atoms with Crippen molar-refractivity contribution in [3.05, 3.63) is 77.7 Å². The maximum absolute atomic E-state index is 13.9. The Balaban J connectivity index is 1.47. The van der Waals surface area contributed by atoms with Crippen LogP contribution in [0.3, 0.4) is 0 Å². The number of nitrogens with zero attached hydrogens (tertiary/aromatic N) is 1. The number of anilines is 2. The molecule has 1 heterocycles. The van der Waals surface area contributed by atoms with E-state index in [1.54, 1.807) is 42.6 Å². The number of halogens is 2. The molecule has 1 aromatic heterocycles. The van der Waals surface area contributed by atoms with Crippen LogP contribution < -0.4 is 11.1 Å². The van der Waals surface area contributed by atoms with E-state index in [4.69, 9.17) is 17.3 Å². The predicted molar refractivity (Wildman–Crippen MR) is 129 cm³/mol. The number of carbonyl (C=O) groups is 1. The second-order valence-corrected chi connectivity index (χ2v) is 8.96. The first-order valence-electron chi connectivity index (χ1n) is 11.0. The third-order valence-corrected chi connectivity index (χ3v) is 6.78. The Morgan fingerprint density at radius 3 is 2.72 bits per heavy atom. The Labute approximate surface area is 192 Å².